The molecule has 8 heteroatoms. The smallest absolute Gasteiger partial charge is 0.321 e. The monoisotopic (exact) mass is 345 g/mol. The number of methoxy groups -OCH3 is 2. The molecule has 0 amide bonds. The summed E-state index contributed by atoms with van der Waals surface area (Å²) in [6, 6.07) is 5.66. The maximum Gasteiger partial charge on any atom is 0.321 e. The van der Waals surface area contributed by atoms with E-state index >= 15 is 0 Å². The maximum absolute atomic E-state index is 12.4. The second kappa shape index (κ2) is 9.96. The molecule has 0 N–H and O–H groups in total. The van der Waals surface area contributed by atoms with E-state index < -0.39 is 29.1 Å². The number of benzene rings is 1. The third-order valence-corrected chi connectivity index (χ3v) is 4.44. The van der Waals surface area contributed by atoms with Crippen LogP contribution in [-0.4, -0.2) is 51.8 Å². The molecule has 0 unspecified atom stereocenters. The molecule has 0 aromatic heterocycles. The van der Waals surface area contributed by atoms with Crippen LogP contribution in [0.3, 0.4) is 0 Å². The molecule has 0 saturated heterocycles. The normalized spacial score (nSPS) is 10.5. The van der Waals surface area contributed by atoms with Crippen LogP contribution in [0.4, 0.5) is 0 Å². The summed E-state index contributed by atoms with van der Waals surface area (Å²) in [4.78, 5) is 22.5. The summed E-state index contributed by atoms with van der Waals surface area (Å²) < 4.78 is 35.1. The Morgan fingerprint density at radius 2 is 1.57 bits per heavy atom. The van der Waals surface area contributed by atoms with Crippen molar-refractivity contribution in [2.45, 2.75) is 25.7 Å². The first-order valence-corrected chi connectivity index (χ1v) is 8.45. The van der Waals surface area contributed by atoms with Gasteiger partial charge in [0.15, 0.2) is 0 Å². The van der Waals surface area contributed by atoms with Crippen LogP contribution < -0.4 is 4.74 Å². The molecule has 0 bridgehead atoms. The molecule has 7 nitrogen and oxygen atoms in total. The van der Waals surface area contributed by atoms with E-state index in [4.69, 9.17) is 4.74 Å². The van der Waals surface area contributed by atoms with Crippen LogP contribution in [0, 0.1) is 0 Å². The Morgan fingerprint density at radius 3 is 1.96 bits per heavy atom. The molecule has 130 valence electrons. The van der Waals surface area contributed by atoms with Gasteiger partial charge in [-0.2, -0.15) is 4.31 Å². The Hall–Kier alpha value is -1.93. The molecule has 0 heterocycles. The standard InChI is InChI=1S/C13H17NO6S.C2H6/c1-10(15)8-14(9-13(16)20-3)21(17,18)12-6-4-11(19-2)5-7-12;1-2/h4-7H,8-9H2,1-3H3;1-2H3. The van der Waals surface area contributed by atoms with Crippen LogP contribution in [0.25, 0.3) is 0 Å². The van der Waals surface area contributed by atoms with Gasteiger partial charge in [0.25, 0.3) is 0 Å². The lowest BCUT2D eigenvalue weighted by molar-refractivity contribution is -0.140. The zero-order valence-electron chi connectivity index (χ0n) is 14.0. The molecule has 0 atom stereocenters. The second-order valence-electron chi connectivity index (χ2n) is 4.23. The lowest BCUT2D eigenvalue weighted by Crippen LogP contribution is -2.39. The van der Waals surface area contributed by atoms with Crippen LogP contribution in [0.1, 0.15) is 20.8 Å². The topological polar surface area (TPSA) is 90.0 Å². The summed E-state index contributed by atoms with van der Waals surface area (Å²) in [6.07, 6.45) is 0. The van der Waals surface area contributed by atoms with Gasteiger partial charge in [-0.25, -0.2) is 8.42 Å². The zero-order chi connectivity index (χ0) is 18.0. The number of hydrogen-bond acceptors (Lipinski definition) is 6. The Bertz CT molecular complexity index is 609. The summed E-state index contributed by atoms with van der Waals surface area (Å²) in [5.74, 6) is -0.621. The highest BCUT2D eigenvalue weighted by molar-refractivity contribution is 7.89. The molecule has 0 aliphatic rings. The molecule has 1 aromatic rings. The summed E-state index contributed by atoms with van der Waals surface area (Å²) in [7, 11) is -1.36. The first-order chi connectivity index (χ1) is 10.8. The van der Waals surface area contributed by atoms with Gasteiger partial charge in [0.05, 0.1) is 25.7 Å². The predicted molar refractivity (Wildman–Crippen MR) is 85.8 cm³/mol. The van der Waals surface area contributed by atoms with Crippen LogP contribution >= 0.6 is 0 Å². The Morgan fingerprint density at radius 1 is 1.04 bits per heavy atom. The Kier molecular flexibility index (Phi) is 9.12. The molecule has 0 radical (unpaired) electrons. The molecular formula is C15H23NO6S. The molecule has 0 spiro atoms. The minimum absolute atomic E-state index is 0.0338. The van der Waals surface area contributed by atoms with Crippen molar-refractivity contribution in [2.24, 2.45) is 0 Å². The van der Waals surface area contributed by atoms with Gasteiger partial charge in [0, 0.05) is 0 Å². The highest BCUT2D eigenvalue weighted by atomic mass is 32.2. The number of carbonyl (C=O) groups excluding carboxylic acids is 2. The van der Waals surface area contributed by atoms with Crippen molar-refractivity contribution in [3.8, 4) is 5.75 Å². The van der Waals surface area contributed by atoms with Gasteiger partial charge < -0.3 is 9.47 Å². The van der Waals surface area contributed by atoms with E-state index in [-0.39, 0.29) is 10.7 Å². The van der Waals surface area contributed by atoms with Crippen molar-refractivity contribution in [1.29, 1.82) is 0 Å². The van der Waals surface area contributed by atoms with Gasteiger partial charge in [-0.05, 0) is 31.2 Å². The number of sulfonamides is 1. The lowest BCUT2D eigenvalue weighted by atomic mass is 10.3. The summed E-state index contributed by atoms with van der Waals surface area (Å²) in [5.41, 5.74) is 0. The second-order valence-corrected chi connectivity index (χ2v) is 6.16. The van der Waals surface area contributed by atoms with E-state index in [1.54, 1.807) is 0 Å². The third kappa shape index (κ3) is 6.37. The van der Waals surface area contributed by atoms with Gasteiger partial charge in [-0.3, -0.25) is 9.59 Å². The first-order valence-electron chi connectivity index (χ1n) is 7.01. The van der Waals surface area contributed by atoms with E-state index in [9.17, 15) is 18.0 Å². The lowest BCUT2D eigenvalue weighted by Gasteiger charge is -2.19. The van der Waals surface area contributed by atoms with Crippen molar-refractivity contribution in [2.75, 3.05) is 27.3 Å². The highest BCUT2D eigenvalue weighted by Gasteiger charge is 2.28. The van der Waals surface area contributed by atoms with Crippen molar-refractivity contribution in [3.63, 3.8) is 0 Å². The summed E-state index contributed by atoms with van der Waals surface area (Å²) in [6.45, 7) is 4.32. The number of Topliss-reactive ketones (excluding diaryl/α,β-unsaturated/α-hetero) is 1. The Balaban J connectivity index is 0.00000232. The average Bonchev–Trinajstić information content (AvgIpc) is 2.55. The van der Waals surface area contributed by atoms with Crippen LogP contribution in [0.2, 0.25) is 0 Å². The molecule has 0 saturated carbocycles. The summed E-state index contributed by atoms with van der Waals surface area (Å²) >= 11 is 0. The fourth-order valence-electron chi connectivity index (χ4n) is 1.58. The van der Waals surface area contributed by atoms with Crippen LogP contribution in [0.15, 0.2) is 29.2 Å². The summed E-state index contributed by atoms with van der Waals surface area (Å²) in [5, 5.41) is 0. The largest absolute Gasteiger partial charge is 0.497 e. The molecule has 0 fully saturated rings. The van der Waals surface area contributed by atoms with Crippen molar-refractivity contribution >= 4 is 21.8 Å². The average molecular weight is 345 g/mol. The minimum Gasteiger partial charge on any atom is -0.497 e. The van der Waals surface area contributed by atoms with E-state index in [1.165, 1.54) is 38.3 Å². The minimum atomic E-state index is -3.97. The Labute approximate surface area is 137 Å². The maximum atomic E-state index is 12.4. The van der Waals surface area contributed by atoms with Crippen molar-refractivity contribution in [3.05, 3.63) is 24.3 Å². The highest BCUT2D eigenvalue weighted by Crippen LogP contribution is 2.19. The number of hydrogen-bond donors (Lipinski definition) is 0. The molecular weight excluding hydrogens is 322 g/mol. The van der Waals surface area contributed by atoms with Crippen molar-refractivity contribution in [1.82, 2.24) is 4.31 Å². The van der Waals surface area contributed by atoms with E-state index in [0.717, 1.165) is 11.4 Å². The van der Waals surface area contributed by atoms with Gasteiger partial charge in [-0.15, -0.1) is 0 Å². The fourth-order valence-corrected chi connectivity index (χ4v) is 2.98. The SMILES string of the molecule is CC.COC(=O)CN(CC(C)=O)S(=O)(=O)c1ccc(OC)cc1. The van der Waals surface area contributed by atoms with Crippen LogP contribution in [-0.2, 0) is 24.3 Å². The van der Waals surface area contributed by atoms with E-state index in [0.29, 0.717) is 5.75 Å². The number of nitrogens with zero attached hydrogens (tertiary/aromatic N) is 1. The van der Waals surface area contributed by atoms with E-state index in [2.05, 4.69) is 4.74 Å². The van der Waals surface area contributed by atoms with Gasteiger partial charge in [0.1, 0.15) is 18.1 Å². The molecule has 23 heavy (non-hydrogen) atoms. The van der Waals surface area contributed by atoms with Crippen LogP contribution in [0.5, 0.6) is 5.75 Å². The van der Waals surface area contributed by atoms with Gasteiger partial charge in [-0.1, -0.05) is 13.8 Å². The number of ketones is 1. The predicted octanol–water partition coefficient (Wildman–Crippen LogP) is 1.47. The van der Waals surface area contributed by atoms with Gasteiger partial charge >= 0.3 is 5.97 Å². The van der Waals surface area contributed by atoms with Gasteiger partial charge in [0.2, 0.25) is 10.0 Å². The molecule has 1 aromatic carbocycles. The fraction of sp³-hybridized carbons (Fsp3) is 0.467. The molecule has 1 rings (SSSR count). The quantitative estimate of drug-likeness (QED) is 0.695. The molecule has 0 aliphatic carbocycles. The third-order valence-electron chi connectivity index (χ3n) is 2.63. The number of esters is 1. The number of ether oxygens (including phenoxy) is 2. The molecule has 0 aliphatic heterocycles. The zero-order valence-corrected chi connectivity index (χ0v) is 14.8. The number of rotatable bonds is 7. The van der Waals surface area contributed by atoms with Crippen molar-refractivity contribution < 1.29 is 27.5 Å². The van der Waals surface area contributed by atoms with E-state index in [1.807, 2.05) is 13.8 Å². The first kappa shape index (κ1) is 21.1. The number of carbonyl (C=O) groups is 2.